The van der Waals surface area contributed by atoms with Gasteiger partial charge in [-0.25, -0.2) is 26.4 Å². The highest BCUT2D eigenvalue weighted by Gasteiger charge is 2.48. The highest BCUT2D eigenvalue weighted by molar-refractivity contribution is 9.10. The molecule has 188 valence electrons. The number of alkyl halides is 1. The molecule has 11 heteroatoms. The number of sulfonamides is 2. The molecule has 0 saturated carbocycles. The number of hydrogen-bond donors (Lipinski definition) is 3. The first kappa shape index (κ1) is 28.4. The molecule has 0 heterocycles. The second-order valence-electron chi connectivity index (χ2n) is 7.98. The average molecular weight is 576 g/mol. The predicted molar refractivity (Wildman–Crippen MR) is 135 cm³/mol. The van der Waals surface area contributed by atoms with Gasteiger partial charge in [-0.05, 0) is 30.7 Å². The van der Waals surface area contributed by atoms with Gasteiger partial charge in [-0.1, -0.05) is 97.8 Å². The lowest BCUT2D eigenvalue weighted by atomic mass is 10.0. The molecule has 2 aromatic carbocycles. The van der Waals surface area contributed by atoms with E-state index in [4.69, 9.17) is 0 Å². The first-order chi connectivity index (χ1) is 16.0. The number of rotatable bonds is 15. The van der Waals surface area contributed by atoms with Gasteiger partial charge >= 0.3 is 5.97 Å². The number of carboxylic acids is 1. The summed E-state index contributed by atoms with van der Waals surface area (Å²) in [6.07, 6.45) is 5.48. The summed E-state index contributed by atoms with van der Waals surface area (Å²) in [5, 5.41) is 10.0. The van der Waals surface area contributed by atoms with E-state index in [1.165, 1.54) is 36.4 Å². The van der Waals surface area contributed by atoms with E-state index in [-0.39, 0.29) is 16.2 Å². The van der Waals surface area contributed by atoms with Crippen molar-refractivity contribution in [2.45, 2.75) is 72.2 Å². The minimum atomic E-state index is -4.28. The summed E-state index contributed by atoms with van der Waals surface area (Å²) in [7, 11) is -8.41. The van der Waals surface area contributed by atoms with Crippen molar-refractivity contribution in [3.63, 3.8) is 0 Å². The Labute approximate surface area is 210 Å². The minimum Gasteiger partial charge on any atom is -0.479 e. The van der Waals surface area contributed by atoms with Gasteiger partial charge < -0.3 is 5.11 Å². The molecule has 2 unspecified atom stereocenters. The number of nitrogens with one attached hydrogen (secondary N) is 2. The number of halogens is 1. The van der Waals surface area contributed by atoms with Crippen molar-refractivity contribution in [2.24, 2.45) is 0 Å². The van der Waals surface area contributed by atoms with E-state index in [9.17, 15) is 26.7 Å². The second-order valence-corrected chi connectivity index (χ2v) is 12.6. The monoisotopic (exact) mass is 574 g/mol. The van der Waals surface area contributed by atoms with Crippen molar-refractivity contribution in [1.29, 1.82) is 0 Å². The number of aliphatic carboxylic acids is 1. The predicted octanol–water partition coefficient (Wildman–Crippen LogP) is 4.24. The highest BCUT2D eigenvalue weighted by Crippen LogP contribution is 2.28. The molecule has 0 radical (unpaired) electrons. The molecule has 0 amide bonds. The van der Waals surface area contributed by atoms with E-state index in [0.29, 0.717) is 6.42 Å². The second kappa shape index (κ2) is 12.8. The van der Waals surface area contributed by atoms with Gasteiger partial charge in [-0.3, -0.25) is 0 Å². The number of unbranched alkanes of at least 4 members (excludes halogenated alkanes) is 5. The Morgan fingerprint density at radius 3 is 1.82 bits per heavy atom. The van der Waals surface area contributed by atoms with E-state index < -0.39 is 36.5 Å². The average Bonchev–Trinajstić information content (AvgIpc) is 2.81. The van der Waals surface area contributed by atoms with Crippen LogP contribution in [0.15, 0.2) is 70.5 Å². The zero-order chi connectivity index (χ0) is 25.2. The third-order valence-electron chi connectivity index (χ3n) is 5.33. The molecule has 0 aliphatic heterocycles. The lowest BCUT2D eigenvalue weighted by Gasteiger charge is -2.33. The van der Waals surface area contributed by atoms with Crippen LogP contribution in [0.4, 0.5) is 0 Å². The Morgan fingerprint density at radius 1 is 0.853 bits per heavy atom. The molecule has 2 rings (SSSR count). The van der Waals surface area contributed by atoms with Crippen LogP contribution in [0.2, 0.25) is 0 Å². The Hall–Kier alpha value is -1.79. The molecule has 0 fully saturated rings. The Balaban J connectivity index is 2.36. The van der Waals surface area contributed by atoms with Gasteiger partial charge in [-0.15, -0.1) is 0 Å². The van der Waals surface area contributed by atoms with Crippen molar-refractivity contribution in [2.75, 3.05) is 0 Å². The van der Waals surface area contributed by atoms with Crippen molar-refractivity contribution in [3.05, 3.63) is 60.7 Å². The molecule has 8 nitrogen and oxygen atoms in total. The zero-order valence-electron chi connectivity index (χ0n) is 19.0. The standard InChI is InChI=1S/C23H31BrN2O6S2/c1-2-3-4-5-6-13-18-21(25-33(29,30)19-14-9-7-10-15-19)23(24,22(27)28)26-34(31,32)20-16-11-8-12-17-20/h7-12,14-17,21,25-26H,2-6,13,18H2,1H3,(H,27,28). The lowest BCUT2D eigenvalue weighted by molar-refractivity contribution is -0.140. The van der Waals surface area contributed by atoms with Gasteiger partial charge in [0.2, 0.25) is 24.5 Å². The van der Waals surface area contributed by atoms with Crippen molar-refractivity contribution < 1.29 is 26.7 Å². The van der Waals surface area contributed by atoms with Gasteiger partial charge in [0.25, 0.3) is 0 Å². The van der Waals surface area contributed by atoms with Crippen LogP contribution in [0.1, 0.15) is 51.9 Å². The van der Waals surface area contributed by atoms with Gasteiger partial charge in [0.1, 0.15) is 0 Å². The molecule has 2 aromatic rings. The van der Waals surface area contributed by atoms with Crippen LogP contribution in [0.5, 0.6) is 0 Å². The van der Waals surface area contributed by atoms with Crippen LogP contribution in [0.25, 0.3) is 0 Å². The molecule has 0 spiro atoms. The molecule has 34 heavy (non-hydrogen) atoms. The van der Waals surface area contributed by atoms with Crippen molar-refractivity contribution in [1.82, 2.24) is 9.44 Å². The number of carbonyl (C=O) groups is 1. The molecular formula is C23H31BrN2O6S2. The SMILES string of the molecule is CCCCCCCCC(NS(=O)(=O)c1ccccc1)C(Br)(NS(=O)(=O)c1ccccc1)C(=O)O. The van der Waals surface area contributed by atoms with E-state index in [2.05, 4.69) is 32.3 Å². The van der Waals surface area contributed by atoms with Crippen molar-refractivity contribution >= 4 is 41.9 Å². The molecule has 0 aliphatic rings. The summed E-state index contributed by atoms with van der Waals surface area (Å²) < 4.78 is 54.3. The van der Waals surface area contributed by atoms with E-state index in [0.717, 1.165) is 32.1 Å². The molecule has 0 aliphatic carbocycles. The Kier molecular flexibility index (Phi) is 10.7. The highest BCUT2D eigenvalue weighted by atomic mass is 79.9. The summed E-state index contributed by atoms with van der Waals surface area (Å²) in [6.45, 7) is 2.10. The number of carboxylic acid groups (broad SMARTS) is 1. The van der Waals surface area contributed by atoms with Gasteiger partial charge in [0.05, 0.1) is 15.8 Å². The van der Waals surface area contributed by atoms with Crippen LogP contribution in [0.3, 0.4) is 0 Å². The number of hydrogen-bond acceptors (Lipinski definition) is 5. The third-order valence-corrected chi connectivity index (χ3v) is 9.65. The lowest BCUT2D eigenvalue weighted by Crippen LogP contribution is -2.62. The van der Waals surface area contributed by atoms with E-state index in [1.807, 2.05) is 0 Å². The van der Waals surface area contributed by atoms with Crippen LogP contribution in [0, 0.1) is 0 Å². The van der Waals surface area contributed by atoms with Gasteiger partial charge in [0, 0.05) is 0 Å². The fraction of sp³-hybridized carbons (Fsp3) is 0.435. The maximum atomic E-state index is 13.0. The fourth-order valence-electron chi connectivity index (χ4n) is 3.44. The minimum absolute atomic E-state index is 0.0471. The van der Waals surface area contributed by atoms with Crippen LogP contribution >= 0.6 is 15.9 Å². The topological polar surface area (TPSA) is 130 Å². The summed E-state index contributed by atoms with van der Waals surface area (Å²) in [5.74, 6) is -1.56. The smallest absolute Gasteiger partial charge is 0.337 e. The Bertz CT molecular complexity index is 1130. The summed E-state index contributed by atoms with van der Waals surface area (Å²) in [5.41, 5.74) is 0. The van der Waals surface area contributed by atoms with Crippen LogP contribution in [-0.2, 0) is 24.8 Å². The van der Waals surface area contributed by atoms with Crippen LogP contribution < -0.4 is 9.44 Å². The summed E-state index contributed by atoms with van der Waals surface area (Å²) in [6, 6.07) is 13.5. The first-order valence-electron chi connectivity index (χ1n) is 11.1. The molecule has 0 bridgehead atoms. The third kappa shape index (κ3) is 7.88. The quantitative estimate of drug-likeness (QED) is 0.166. The molecule has 0 aromatic heterocycles. The number of benzene rings is 2. The Morgan fingerprint density at radius 2 is 1.32 bits per heavy atom. The van der Waals surface area contributed by atoms with E-state index >= 15 is 0 Å². The maximum Gasteiger partial charge on any atom is 0.337 e. The summed E-state index contributed by atoms with van der Waals surface area (Å²) in [4.78, 5) is 12.2. The van der Waals surface area contributed by atoms with E-state index in [1.54, 1.807) is 24.3 Å². The first-order valence-corrected chi connectivity index (χ1v) is 14.9. The van der Waals surface area contributed by atoms with Gasteiger partial charge in [0.15, 0.2) is 0 Å². The van der Waals surface area contributed by atoms with Crippen LogP contribution in [-0.4, -0.2) is 38.4 Å². The molecule has 0 saturated heterocycles. The molecule has 2 atom stereocenters. The normalized spacial score (nSPS) is 14.9. The van der Waals surface area contributed by atoms with Crippen molar-refractivity contribution in [3.8, 4) is 0 Å². The fourth-order valence-corrected chi connectivity index (χ4v) is 7.15. The maximum absolute atomic E-state index is 13.0. The molecule has 3 N–H and O–H groups in total. The van der Waals surface area contributed by atoms with Gasteiger partial charge in [-0.2, -0.15) is 4.72 Å². The summed E-state index contributed by atoms with van der Waals surface area (Å²) >= 11 is 3.05. The molecular weight excluding hydrogens is 544 g/mol. The largest absolute Gasteiger partial charge is 0.479 e. The zero-order valence-corrected chi connectivity index (χ0v) is 22.2.